The maximum Gasteiger partial charge on any atom is 0.269 e. The largest absolute Gasteiger partial charge is 0.269 e. The molecule has 20 heavy (non-hydrogen) atoms. The van der Waals surface area contributed by atoms with Gasteiger partial charge in [0.2, 0.25) is 0 Å². The minimum absolute atomic E-state index is 0.0463. The summed E-state index contributed by atoms with van der Waals surface area (Å²) in [7, 11) is 0. The summed E-state index contributed by atoms with van der Waals surface area (Å²) < 4.78 is 0. The van der Waals surface area contributed by atoms with Crippen LogP contribution in [0.4, 0.5) is 5.69 Å². The van der Waals surface area contributed by atoms with Crippen LogP contribution in [0.2, 0.25) is 5.02 Å². The van der Waals surface area contributed by atoms with Gasteiger partial charge in [-0.05, 0) is 29.7 Å². The molecule has 0 aromatic heterocycles. The minimum Gasteiger partial charge on any atom is -0.258 e. The van der Waals surface area contributed by atoms with Gasteiger partial charge in [0.1, 0.15) is 0 Å². The Hall–Kier alpha value is -2.38. The molecule has 2 aromatic carbocycles. The molecule has 2 aromatic rings. The van der Waals surface area contributed by atoms with Gasteiger partial charge in [0.15, 0.2) is 0 Å². The van der Waals surface area contributed by atoms with Gasteiger partial charge >= 0.3 is 0 Å². The van der Waals surface area contributed by atoms with Crippen LogP contribution >= 0.6 is 11.6 Å². The lowest BCUT2D eigenvalue weighted by Gasteiger charge is -2.09. The summed E-state index contributed by atoms with van der Waals surface area (Å²) in [6, 6.07) is 15.7. The van der Waals surface area contributed by atoms with Crippen LogP contribution in [0.3, 0.4) is 0 Å². The highest BCUT2D eigenvalue weighted by molar-refractivity contribution is 6.30. The van der Waals surface area contributed by atoms with Crippen LogP contribution < -0.4 is 0 Å². The Labute approximate surface area is 121 Å². The summed E-state index contributed by atoms with van der Waals surface area (Å²) in [6.07, 6.45) is 0.495. The fourth-order valence-electron chi connectivity index (χ4n) is 1.95. The molecule has 1 unspecified atom stereocenters. The summed E-state index contributed by atoms with van der Waals surface area (Å²) in [5.74, 6) is -0.324. The Balaban J connectivity index is 2.18. The highest BCUT2D eigenvalue weighted by Gasteiger charge is 2.13. The first-order chi connectivity index (χ1) is 9.60. The molecule has 4 nitrogen and oxygen atoms in total. The van der Waals surface area contributed by atoms with E-state index in [9.17, 15) is 15.4 Å². The summed E-state index contributed by atoms with van der Waals surface area (Å²) in [5.41, 5.74) is 1.77. The standard InChI is InChI=1S/C15H11ClN2O2/c16-14-3-1-2-12(9-14)13(10-17)8-11-4-6-15(7-5-11)18(19)20/h1-7,9,13H,8H2. The molecule has 0 aliphatic carbocycles. The van der Waals surface area contributed by atoms with E-state index in [1.165, 1.54) is 12.1 Å². The van der Waals surface area contributed by atoms with Crippen molar-refractivity contribution in [1.82, 2.24) is 0 Å². The fraction of sp³-hybridized carbons (Fsp3) is 0.133. The number of hydrogen-bond donors (Lipinski definition) is 0. The van der Waals surface area contributed by atoms with Gasteiger partial charge in [-0.25, -0.2) is 0 Å². The predicted octanol–water partition coefficient (Wildman–Crippen LogP) is 4.10. The molecule has 1 atom stereocenters. The van der Waals surface area contributed by atoms with Crippen LogP contribution in [0.5, 0.6) is 0 Å². The highest BCUT2D eigenvalue weighted by atomic mass is 35.5. The van der Waals surface area contributed by atoms with Gasteiger partial charge < -0.3 is 0 Å². The molecule has 0 saturated heterocycles. The van der Waals surface area contributed by atoms with Crippen LogP contribution in [-0.4, -0.2) is 4.92 Å². The van der Waals surface area contributed by atoms with Gasteiger partial charge in [-0.15, -0.1) is 0 Å². The van der Waals surface area contributed by atoms with Gasteiger partial charge in [0.05, 0.1) is 16.9 Å². The monoisotopic (exact) mass is 286 g/mol. The fourth-order valence-corrected chi connectivity index (χ4v) is 2.15. The van der Waals surface area contributed by atoms with Crippen molar-refractivity contribution in [3.05, 3.63) is 74.8 Å². The average Bonchev–Trinajstić information content (AvgIpc) is 2.45. The molecule has 0 heterocycles. The second kappa shape index (κ2) is 6.18. The van der Waals surface area contributed by atoms with Gasteiger partial charge in [-0.3, -0.25) is 10.1 Å². The van der Waals surface area contributed by atoms with Crippen LogP contribution in [0.25, 0.3) is 0 Å². The second-order valence-corrected chi connectivity index (χ2v) is 4.80. The van der Waals surface area contributed by atoms with Crippen molar-refractivity contribution in [1.29, 1.82) is 5.26 Å². The zero-order chi connectivity index (χ0) is 14.5. The van der Waals surface area contributed by atoms with E-state index in [-0.39, 0.29) is 11.6 Å². The number of rotatable bonds is 4. The molecule has 0 radical (unpaired) electrons. The van der Waals surface area contributed by atoms with E-state index in [0.29, 0.717) is 11.4 Å². The third-order valence-electron chi connectivity index (χ3n) is 2.99. The van der Waals surface area contributed by atoms with E-state index in [0.717, 1.165) is 11.1 Å². The number of non-ortho nitro benzene ring substituents is 1. The SMILES string of the molecule is N#CC(Cc1ccc([N+](=O)[O-])cc1)c1cccc(Cl)c1. The Morgan fingerprint density at radius 3 is 2.50 bits per heavy atom. The third-order valence-corrected chi connectivity index (χ3v) is 3.23. The molecule has 0 aliphatic rings. The van der Waals surface area contributed by atoms with Crippen LogP contribution in [0, 0.1) is 21.4 Å². The Morgan fingerprint density at radius 1 is 1.25 bits per heavy atom. The van der Waals surface area contributed by atoms with Gasteiger partial charge in [-0.1, -0.05) is 35.9 Å². The van der Waals surface area contributed by atoms with Crippen LogP contribution in [0.1, 0.15) is 17.0 Å². The number of hydrogen-bond acceptors (Lipinski definition) is 3. The van der Waals surface area contributed by atoms with Crippen molar-refractivity contribution in [3.8, 4) is 6.07 Å². The molecule has 0 bridgehead atoms. The predicted molar refractivity (Wildman–Crippen MR) is 76.6 cm³/mol. The van der Waals surface area contributed by atoms with Crippen LogP contribution in [-0.2, 0) is 6.42 Å². The van der Waals surface area contributed by atoms with Crippen molar-refractivity contribution in [2.75, 3.05) is 0 Å². The maximum atomic E-state index is 10.6. The molecule has 100 valence electrons. The van der Waals surface area contributed by atoms with Gasteiger partial charge in [-0.2, -0.15) is 5.26 Å². The zero-order valence-electron chi connectivity index (χ0n) is 10.5. The van der Waals surface area contributed by atoms with Gasteiger partial charge in [0.25, 0.3) is 5.69 Å². The van der Waals surface area contributed by atoms with Crippen LogP contribution in [0.15, 0.2) is 48.5 Å². The summed E-state index contributed by atoms with van der Waals surface area (Å²) in [6.45, 7) is 0. The Morgan fingerprint density at radius 2 is 1.95 bits per heavy atom. The van der Waals surface area contributed by atoms with E-state index in [2.05, 4.69) is 6.07 Å². The van der Waals surface area contributed by atoms with Crippen molar-refractivity contribution in [2.24, 2.45) is 0 Å². The molecule has 0 spiro atoms. The number of benzene rings is 2. The van der Waals surface area contributed by atoms with Gasteiger partial charge in [0, 0.05) is 17.2 Å². The lowest BCUT2D eigenvalue weighted by atomic mass is 9.93. The minimum atomic E-state index is -0.442. The van der Waals surface area contributed by atoms with Crippen molar-refractivity contribution in [3.63, 3.8) is 0 Å². The first kappa shape index (κ1) is 14.0. The molecule has 2 rings (SSSR count). The quantitative estimate of drug-likeness (QED) is 0.628. The Bertz CT molecular complexity index is 662. The zero-order valence-corrected chi connectivity index (χ0v) is 11.2. The first-order valence-electron chi connectivity index (χ1n) is 5.98. The van der Waals surface area contributed by atoms with E-state index in [1.54, 1.807) is 30.3 Å². The molecular formula is C15H11ClN2O2. The maximum absolute atomic E-state index is 10.6. The average molecular weight is 287 g/mol. The topological polar surface area (TPSA) is 66.9 Å². The van der Waals surface area contributed by atoms with E-state index in [1.807, 2.05) is 6.07 Å². The highest BCUT2D eigenvalue weighted by Crippen LogP contribution is 2.24. The number of nitro groups is 1. The second-order valence-electron chi connectivity index (χ2n) is 4.36. The molecule has 5 heteroatoms. The number of halogens is 1. The molecule has 0 amide bonds. The summed E-state index contributed by atoms with van der Waals surface area (Å²) in [5, 5.41) is 20.5. The van der Waals surface area contributed by atoms with E-state index in [4.69, 9.17) is 11.6 Å². The van der Waals surface area contributed by atoms with Crippen molar-refractivity contribution in [2.45, 2.75) is 12.3 Å². The molecule has 0 saturated carbocycles. The number of nitro benzene ring substituents is 1. The normalized spacial score (nSPS) is 11.6. The van der Waals surface area contributed by atoms with Crippen molar-refractivity contribution < 1.29 is 4.92 Å². The lowest BCUT2D eigenvalue weighted by Crippen LogP contribution is -2.00. The van der Waals surface area contributed by atoms with Crippen molar-refractivity contribution >= 4 is 17.3 Å². The Kier molecular flexibility index (Phi) is 4.34. The smallest absolute Gasteiger partial charge is 0.258 e. The number of nitriles is 1. The summed E-state index contributed by atoms with van der Waals surface area (Å²) >= 11 is 5.92. The third kappa shape index (κ3) is 3.34. The molecule has 0 fully saturated rings. The lowest BCUT2D eigenvalue weighted by molar-refractivity contribution is -0.384. The molecular weight excluding hydrogens is 276 g/mol. The molecule has 0 N–H and O–H groups in total. The first-order valence-corrected chi connectivity index (χ1v) is 6.36. The molecule has 0 aliphatic heterocycles. The number of nitrogens with zero attached hydrogens (tertiary/aromatic N) is 2. The van der Waals surface area contributed by atoms with E-state index < -0.39 is 4.92 Å². The summed E-state index contributed by atoms with van der Waals surface area (Å²) in [4.78, 5) is 10.1. The van der Waals surface area contributed by atoms with E-state index >= 15 is 0 Å².